The first-order valence-corrected chi connectivity index (χ1v) is 3.22. The second kappa shape index (κ2) is 2.99. The van der Waals surface area contributed by atoms with Crippen LogP contribution in [-0.4, -0.2) is 19.0 Å². The minimum atomic E-state index is 0.0740. The summed E-state index contributed by atoms with van der Waals surface area (Å²) in [5.74, 6) is 0. The minimum absolute atomic E-state index is 0.0740. The zero-order chi connectivity index (χ0) is 6.69. The van der Waals surface area contributed by atoms with E-state index in [1.807, 2.05) is 13.0 Å². The van der Waals surface area contributed by atoms with Gasteiger partial charge in [-0.2, -0.15) is 0 Å². The zero-order valence-corrected chi connectivity index (χ0v) is 5.67. The van der Waals surface area contributed by atoms with Gasteiger partial charge in [0.25, 0.3) is 0 Å². The normalized spacial score (nSPS) is 32.1. The Kier molecular flexibility index (Phi) is 2.25. The molecule has 1 saturated heterocycles. The molecular formula is C7H12O2. The van der Waals surface area contributed by atoms with E-state index in [1.165, 1.54) is 0 Å². The number of epoxide rings is 1. The molecular weight excluding hydrogens is 116 g/mol. The lowest BCUT2D eigenvalue weighted by molar-refractivity contribution is 0.0533. The summed E-state index contributed by atoms with van der Waals surface area (Å²) in [5.41, 5.74) is 0. The third kappa shape index (κ3) is 2.16. The van der Waals surface area contributed by atoms with E-state index in [1.54, 1.807) is 0 Å². The Morgan fingerprint density at radius 2 is 2.44 bits per heavy atom. The molecule has 0 aromatic heterocycles. The lowest BCUT2D eigenvalue weighted by Crippen LogP contribution is -1.98. The summed E-state index contributed by atoms with van der Waals surface area (Å²) >= 11 is 0. The van der Waals surface area contributed by atoms with Gasteiger partial charge in [0.2, 0.25) is 0 Å². The summed E-state index contributed by atoms with van der Waals surface area (Å²) in [6.45, 7) is 6.31. The summed E-state index contributed by atoms with van der Waals surface area (Å²) in [7, 11) is 0. The van der Waals surface area contributed by atoms with Crippen LogP contribution in [-0.2, 0) is 9.47 Å². The van der Waals surface area contributed by atoms with E-state index in [4.69, 9.17) is 9.47 Å². The fraction of sp³-hybridized carbons (Fsp3) is 0.714. The molecule has 0 spiro atoms. The van der Waals surface area contributed by atoms with Crippen LogP contribution in [0.3, 0.4) is 0 Å². The van der Waals surface area contributed by atoms with E-state index in [-0.39, 0.29) is 6.29 Å². The summed E-state index contributed by atoms with van der Waals surface area (Å²) in [6.07, 6.45) is 3.14. The Bertz CT molecular complexity index is 101. The molecule has 2 atom stereocenters. The standard InChI is InChI=1S/C7H12O2/c1-3-4-5-8-7-6(2)9-7/h3,6-7H,1,4-5H2,2H3. The van der Waals surface area contributed by atoms with Crippen molar-refractivity contribution in [3.05, 3.63) is 12.7 Å². The molecule has 52 valence electrons. The largest absolute Gasteiger partial charge is 0.350 e. The third-order valence-electron chi connectivity index (χ3n) is 1.26. The van der Waals surface area contributed by atoms with Crippen molar-refractivity contribution < 1.29 is 9.47 Å². The van der Waals surface area contributed by atoms with Gasteiger partial charge in [0.05, 0.1) is 6.61 Å². The van der Waals surface area contributed by atoms with Crippen molar-refractivity contribution in [2.75, 3.05) is 6.61 Å². The van der Waals surface area contributed by atoms with Gasteiger partial charge in [-0.05, 0) is 13.3 Å². The molecule has 0 bridgehead atoms. The van der Waals surface area contributed by atoms with Gasteiger partial charge in [-0.3, -0.25) is 0 Å². The molecule has 0 aromatic carbocycles. The fourth-order valence-electron chi connectivity index (χ4n) is 0.609. The number of ether oxygens (including phenoxy) is 2. The van der Waals surface area contributed by atoms with Crippen LogP contribution in [0.4, 0.5) is 0 Å². The average Bonchev–Trinajstić information content (AvgIpc) is 2.48. The second-order valence-electron chi connectivity index (χ2n) is 2.16. The molecule has 1 aliphatic heterocycles. The molecule has 1 aliphatic rings. The molecule has 1 rings (SSSR count). The van der Waals surface area contributed by atoms with E-state index < -0.39 is 0 Å². The highest BCUT2D eigenvalue weighted by Crippen LogP contribution is 2.21. The van der Waals surface area contributed by atoms with Crippen molar-refractivity contribution in [2.24, 2.45) is 0 Å². The van der Waals surface area contributed by atoms with Gasteiger partial charge in [-0.25, -0.2) is 0 Å². The second-order valence-corrected chi connectivity index (χ2v) is 2.16. The van der Waals surface area contributed by atoms with Crippen molar-refractivity contribution in [2.45, 2.75) is 25.7 Å². The minimum Gasteiger partial charge on any atom is -0.350 e. The molecule has 2 nitrogen and oxygen atoms in total. The molecule has 1 fully saturated rings. The number of hydrogen-bond acceptors (Lipinski definition) is 2. The number of rotatable bonds is 4. The highest BCUT2D eigenvalue weighted by atomic mass is 16.8. The quantitative estimate of drug-likeness (QED) is 0.323. The van der Waals surface area contributed by atoms with Gasteiger partial charge >= 0.3 is 0 Å². The smallest absolute Gasteiger partial charge is 0.184 e. The maximum absolute atomic E-state index is 5.21. The first-order chi connectivity index (χ1) is 4.34. The average molecular weight is 128 g/mol. The first-order valence-electron chi connectivity index (χ1n) is 3.22. The molecule has 0 aliphatic carbocycles. The Hall–Kier alpha value is -0.340. The van der Waals surface area contributed by atoms with Crippen molar-refractivity contribution in [1.29, 1.82) is 0 Å². The molecule has 0 saturated carbocycles. The van der Waals surface area contributed by atoms with Crippen LogP contribution in [0, 0.1) is 0 Å². The Morgan fingerprint density at radius 1 is 1.78 bits per heavy atom. The Balaban J connectivity index is 1.88. The van der Waals surface area contributed by atoms with Gasteiger partial charge < -0.3 is 9.47 Å². The lowest BCUT2D eigenvalue weighted by atomic mass is 10.4. The van der Waals surface area contributed by atoms with Crippen molar-refractivity contribution in [3.8, 4) is 0 Å². The van der Waals surface area contributed by atoms with Crippen LogP contribution in [0.2, 0.25) is 0 Å². The fourth-order valence-corrected chi connectivity index (χ4v) is 0.609. The van der Waals surface area contributed by atoms with Gasteiger partial charge in [-0.1, -0.05) is 6.08 Å². The lowest BCUT2D eigenvalue weighted by Gasteiger charge is -1.93. The Labute approximate surface area is 55.5 Å². The third-order valence-corrected chi connectivity index (χ3v) is 1.26. The Morgan fingerprint density at radius 3 is 2.89 bits per heavy atom. The van der Waals surface area contributed by atoms with Gasteiger partial charge in [0.1, 0.15) is 6.10 Å². The summed E-state index contributed by atoms with van der Waals surface area (Å²) < 4.78 is 10.2. The molecule has 2 unspecified atom stereocenters. The van der Waals surface area contributed by atoms with E-state index in [0.717, 1.165) is 13.0 Å². The zero-order valence-electron chi connectivity index (χ0n) is 5.67. The molecule has 2 heteroatoms. The van der Waals surface area contributed by atoms with Crippen LogP contribution >= 0.6 is 0 Å². The highest BCUT2D eigenvalue weighted by molar-refractivity contribution is 4.72. The summed E-state index contributed by atoms with van der Waals surface area (Å²) in [5, 5.41) is 0. The van der Waals surface area contributed by atoms with Crippen LogP contribution < -0.4 is 0 Å². The monoisotopic (exact) mass is 128 g/mol. The highest BCUT2D eigenvalue weighted by Gasteiger charge is 2.34. The van der Waals surface area contributed by atoms with Gasteiger partial charge in [0, 0.05) is 0 Å². The maximum Gasteiger partial charge on any atom is 0.184 e. The van der Waals surface area contributed by atoms with E-state index >= 15 is 0 Å². The maximum atomic E-state index is 5.21. The van der Waals surface area contributed by atoms with E-state index in [9.17, 15) is 0 Å². The van der Waals surface area contributed by atoms with Crippen molar-refractivity contribution >= 4 is 0 Å². The molecule has 0 radical (unpaired) electrons. The van der Waals surface area contributed by atoms with E-state index in [2.05, 4.69) is 6.58 Å². The van der Waals surface area contributed by atoms with Gasteiger partial charge in [-0.15, -0.1) is 6.58 Å². The summed E-state index contributed by atoms with van der Waals surface area (Å²) in [4.78, 5) is 0. The van der Waals surface area contributed by atoms with Crippen LogP contribution in [0.5, 0.6) is 0 Å². The predicted molar refractivity (Wildman–Crippen MR) is 35.1 cm³/mol. The van der Waals surface area contributed by atoms with E-state index in [0.29, 0.717) is 6.10 Å². The number of hydrogen-bond donors (Lipinski definition) is 0. The first kappa shape index (κ1) is 6.78. The van der Waals surface area contributed by atoms with Crippen LogP contribution in [0.25, 0.3) is 0 Å². The van der Waals surface area contributed by atoms with Crippen molar-refractivity contribution in [3.63, 3.8) is 0 Å². The SMILES string of the molecule is C=CCCOC1OC1C. The molecule has 0 N–H and O–H groups in total. The van der Waals surface area contributed by atoms with Gasteiger partial charge in [0.15, 0.2) is 6.29 Å². The molecule has 0 amide bonds. The van der Waals surface area contributed by atoms with Crippen LogP contribution in [0.1, 0.15) is 13.3 Å². The van der Waals surface area contributed by atoms with Crippen LogP contribution in [0.15, 0.2) is 12.7 Å². The molecule has 1 heterocycles. The summed E-state index contributed by atoms with van der Waals surface area (Å²) in [6, 6.07) is 0. The predicted octanol–water partition coefficient (Wildman–Crippen LogP) is 1.32. The topological polar surface area (TPSA) is 21.8 Å². The van der Waals surface area contributed by atoms with Crippen molar-refractivity contribution in [1.82, 2.24) is 0 Å². The molecule has 9 heavy (non-hydrogen) atoms. The molecule has 0 aromatic rings.